The van der Waals surface area contributed by atoms with E-state index < -0.39 is 73.6 Å². The lowest BCUT2D eigenvalue weighted by Gasteiger charge is -2.43. The van der Waals surface area contributed by atoms with Crippen molar-refractivity contribution < 1.29 is 59.1 Å². The third kappa shape index (κ3) is 7.46. The fraction of sp³-hybridized carbons (Fsp3) is 0.621. The Labute approximate surface area is 238 Å². The normalized spacial score (nSPS) is 37.5. The number of aromatic hydroxyl groups is 1. The summed E-state index contributed by atoms with van der Waals surface area (Å²) >= 11 is 0. The lowest BCUT2D eigenvalue weighted by atomic mass is 9.78. The van der Waals surface area contributed by atoms with E-state index in [2.05, 4.69) is 6.58 Å². The number of aliphatic hydroxyl groups is 5. The summed E-state index contributed by atoms with van der Waals surface area (Å²) in [6.07, 6.45) is -4.61. The first-order chi connectivity index (χ1) is 19.6. The third-order valence-corrected chi connectivity index (χ3v) is 7.98. The largest absolute Gasteiger partial charge is 0.508 e. The second-order valence-corrected chi connectivity index (χ2v) is 10.8. The molecule has 11 atom stereocenters. The average Bonchev–Trinajstić information content (AvgIpc) is 2.96. The number of carbonyl (C=O) groups excluding carboxylic acids is 1. The predicted molar refractivity (Wildman–Crippen MR) is 142 cm³/mol. The van der Waals surface area contributed by atoms with Crippen LogP contribution in [0, 0.1) is 11.8 Å². The van der Waals surface area contributed by atoms with Gasteiger partial charge in [0.15, 0.2) is 6.29 Å². The topological polar surface area (TPSA) is 185 Å². The SMILES string of the molecule is C=C[C@H]1[C@H](O[C@@H]2O[C@H](CO)[C@@H](O)[C@H](O)[C@H]2O)OC=C(C(=O)OC)[C@H]1C[C@H]1C[C@@H](O)C[C@H](CCc2ccc(O)cc2)O1. The quantitative estimate of drug-likeness (QED) is 0.164. The van der Waals surface area contributed by atoms with E-state index in [9.17, 15) is 35.4 Å². The number of hydrogen-bond donors (Lipinski definition) is 6. The molecule has 0 aliphatic carbocycles. The van der Waals surface area contributed by atoms with Gasteiger partial charge in [-0.2, -0.15) is 0 Å². The third-order valence-electron chi connectivity index (χ3n) is 7.98. The number of esters is 1. The molecule has 1 aromatic carbocycles. The summed E-state index contributed by atoms with van der Waals surface area (Å²) in [6.45, 7) is 3.27. The number of methoxy groups -OCH3 is 1. The molecule has 228 valence electrons. The highest BCUT2D eigenvalue weighted by Gasteiger charge is 2.48. The molecular formula is C29H40O12. The molecule has 3 heterocycles. The van der Waals surface area contributed by atoms with Gasteiger partial charge in [-0.3, -0.25) is 0 Å². The van der Waals surface area contributed by atoms with Gasteiger partial charge in [-0.1, -0.05) is 18.2 Å². The molecule has 1 aromatic rings. The van der Waals surface area contributed by atoms with Gasteiger partial charge < -0.3 is 54.3 Å². The Bertz CT molecular complexity index is 1040. The van der Waals surface area contributed by atoms with Gasteiger partial charge in [-0.05, 0) is 49.8 Å². The van der Waals surface area contributed by atoms with Crippen LogP contribution in [-0.2, 0) is 34.9 Å². The lowest BCUT2D eigenvalue weighted by Crippen LogP contribution is -2.60. The van der Waals surface area contributed by atoms with Crippen LogP contribution in [0.25, 0.3) is 0 Å². The van der Waals surface area contributed by atoms with E-state index in [1.807, 2.05) is 12.1 Å². The molecule has 0 saturated carbocycles. The minimum absolute atomic E-state index is 0.190. The number of phenols is 1. The van der Waals surface area contributed by atoms with Crippen LogP contribution in [0.1, 0.15) is 31.2 Å². The van der Waals surface area contributed by atoms with E-state index in [0.717, 1.165) is 5.56 Å². The summed E-state index contributed by atoms with van der Waals surface area (Å²) in [5, 5.41) is 60.4. The number of aliphatic hydroxyl groups excluding tert-OH is 5. The van der Waals surface area contributed by atoms with Crippen molar-refractivity contribution in [1.82, 2.24) is 0 Å². The van der Waals surface area contributed by atoms with E-state index in [4.69, 9.17) is 23.7 Å². The zero-order chi connectivity index (χ0) is 29.7. The number of phenolic OH excluding ortho intramolecular Hbond substituents is 1. The molecule has 12 heteroatoms. The Kier molecular flexibility index (Phi) is 10.8. The lowest BCUT2D eigenvalue weighted by molar-refractivity contribution is -0.339. The summed E-state index contributed by atoms with van der Waals surface area (Å²) in [7, 11) is 1.25. The van der Waals surface area contributed by atoms with Crippen LogP contribution < -0.4 is 0 Å². The van der Waals surface area contributed by atoms with Crippen LogP contribution in [0.5, 0.6) is 5.75 Å². The summed E-state index contributed by atoms with van der Waals surface area (Å²) in [6, 6.07) is 6.93. The van der Waals surface area contributed by atoms with Gasteiger partial charge in [0.05, 0.1) is 43.9 Å². The number of aryl methyl sites for hydroxylation is 1. The van der Waals surface area contributed by atoms with Gasteiger partial charge in [-0.25, -0.2) is 4.79 Å². The Hall–Kier alpha value is -2.55. The summed E-state index contributed by atoms with van der Waals surface area (Å²) in [4.78, 5) is 12.7. The second kappa shape index (κ2) is 14.1. The summed E-state index contributed by atoms with van der Waals surface area (Å²) in [5.41, 5.74) is 1.25. The van der Waals surface area contributed by atoms with E-state index >= 15 is 0 Å². The Morgan fingerprint density at radius 1 is 1.02 bits per heavy atom. The zero-order valence-corrected chi connectivity index (χ0v) is 22.9. The fourth-order valence-electron chi connectivity index (χ4n) is 5.72. The Morgan fingerprint density at radius 3 is 2.39 bits per heavy atom. The van der Waals surface area contributed by atoms with Crippen LogP contribution in [-0.4, -0.2) is 106 Å². The first kappa shape index (κ1) is 31.4. The molecule has 41 heavy (non-hydrogen) atoms. The summed E-state index contributed by atoms with van der Waals surface area (Å²) < 4.78 is 28.4. The summed E-state index contributed by atoms with van der Waals surface area (Å²) in [5.74, 6) is -1.67. The van der Waals surface area contributed by atoms with Crippen molar-refractivity contribution in [1.29, 1.82) is 0 Å². The first-order valence-electron chi connectivity index (χ1n) is 13.8. The van der Waals surface area contributed by atoms with Gasteiger partial charge in [0.1, 0.15) is 30.2 Å². The minimum atomic E-state index is -1.64. The molecule has 12 nitrogen and oxygen atoms in total. The zero-order valence-electron chi connectivity index (χ0n) is 22.9. The van der Waals surface area contributed by atoms with Crippen LogP contribution in [0.4, 0.5) is 0 Å². The van der Waals surface area contributed by atoms with Crippen molar-refractivity contribution in [3.8, 4) is 5.75 Å². The number of benzene rings is 1. The predicted octanol–water partition coefficient (Wildman–Crippen LogP) is 0.272. The molecule has 0 amide bonds. The van der Waals surface area contributed by atoms with Gasteiger partial charge in [0.25, 0.3) is 0 Å². The highest BCUT2D eigenvalue weighted by atomic mass is 16.8. The van der Waals surface area contributed by atoms with Crippen LogP contribution in [0.15, 0.2) is 48.8 Å². The minimum Gasteiger partial charge on any atom is -0.508 e. The van der Waals surface area contributed by atoms with Crippen LogP contribution >= 0.6 is 0 Å². The molecule has 0 bridgehead atoms. The molecule has 6 N–H and O–H groups in total. The van der Waals surface area contributed by atoms with Gasteiger partial charge in [-0.15, -0.1) is 6.58 Å². The molecule has 0 spiro atoms. The second-order valence-electron chi connectivity index (χ2n) is 10.8. The van der Waals surface area contributed by atoms with Crippen molar-refractivity contribution in [3.63, 3.8) is 0 Å². The van der Waals surface area contributed by atoms with Crippen molar-refractivity contribution >= 4 is 5.97 Å². The van der Waals surface area contributed by atoms with Crippen molar-refractivity contribution in [3.05, 3.63) is 54.3 Å². The van der Waals surface area contributed by atoms with E-state index in [0.29, 0.717) is 32.1 Å². The molecule has 3 aliphatic rings. The van der Waals surface area contributed by atoms with Crippen LogP contribution in [0.2, 0.25) is 0 Å². The molecule has 0 radical (unpaired) electrons. The number of rotatable bonds is 10. The van der Waals surface area contributed by atoms with Gasteiger partial charge >= 0.3 is 5.97 Å². The van der Waals surface area contributed by atoms with Gasteiger partial charge in [0, 0.05) is 11.8 Å². The van der Waals surface area contributed by atoms with E-state index in [1.54, 1.807) is 12.1 Å². The van der Waals surface area contributed by atoms with E-state index in [1.165, 1.54) is 19.4 Å². The average molecular weight is 581 g/mol. The maximum atomic E-state index is 12.7. The highest BCUT2D eigenvalue weighted by Crippen LogP contribution is 2.40. The molecule has 3 aliphatic heterocycles. The Balaban J connectivity index is 1.47. The first-order valence-corrected chi connectivity index (χ1v) is 13.8. The molecule has 2 fully saturated rings. The van der Waals surface area contributed by atoms with Crippen LogP contribution in [0.3, 0.4) is 0 Å². The van der Waals surface area contributed by atoms with Crippen molar-refractivity contribution in [2.45, 2.75) is 87.4 Å². The number of hydrogen-bond acceptors (Lipinski definition) is 12. The molecular weight excluding hydrogens is 540 g/mol. The maximum absolute atomic E-state index is 12.7. The Morgan fingerprint density at radius 2 is 1.73 bits per heavy atom. The molecule has 2 saturated heterocycles. The van der Waals surface area contributed by atoms with E-state index in [-0.39, 0.29) is 17.4 Å². The highest BCUT2D eigenvalue weighted by molar-refractivity contribution is 5.89. The monoisotopic (exact) mass is 580 g/mol. The molecule has 0 aromatic heterocycles. The fourth-order valence-corrected chi connectivity index (χ4v) is 5.72. The maximum Gasteiger partial charge on any atom is 0.337 e. The van der Waals surface area contributed by atoms with Crippen molar-refractivity contribution in [2.75, 3.05) is 13.7 Å². The number of ether oxygens (including phenoxy) is 5. The number of carbonyl (C=O) groups is 1. The van der Waals surface area contributed by atoms with Gasteiger partial charge in [0.2, 0.25) is 6.29 Å². The standard InChI is InChI=1S/C29H40O12/c1-3-20-21(12-19-11-17(32)10-18(39-19)9-6-15-4-7-16(31)8-5-15)22(27(36)37-2)14-38-28(20)41-29-26(35)25(34)24(33)23(13-30)40-29/h3-5,7-8,14,17-21,23-26,28-35H,1,6,9-13H2,2H3/t17-,18-,19+,20+,21-,23+,24+,25-,26+,28-,29-/m0/s1. The molecule has 4 rings (SSSR count). The smallest absolute Gasteiger partial charge is 0.337 e. The van der Waals surface area contributed by atoms with Crippen molar-refractivity contribution in [2.24, 2.45) is 11.8 Å². The molecule has 0 unspecified atom stereocenters.